The third kappa shape index (κ3) is 3.61. The van der Waals surface area contributed by atoms with Crippen LogP contribution in [-0.2, 0) is 10.0 Å². The average Bonchev–Trinajstić information content (AvgIpc) is 2.61. The minimum absolute atomic E-state index is 0. The highest BCUT2D eigenvalue weighted by atomic mass is 35.5. The topological polar surface area (TPSA) is 49.4 Å². The fourth-order valence-electron chi connectivity index (χ4n) is 2.07. The summed E-state index contributed by atoms with van der Waals surface area (Å²) in [5.74, 6) is 0. The van der Waals surface area contributed by atoms with E-state index in [1.165, 1.54) is 4.31 Å². The molecule has 0 aromatic heterocycles. The van der Waals surface area contributed by atoms with Crippen LogP contribution in [0.4, 0.5) is 0 Å². The lowest BCUT2D eigenvalue weighted by Crippen LogP contribution is -2.34. The molecule has 1 aliphatic rings. The van der Waals surface area contributed by atoms with Crippen LogP contribution in [0.5, 0.6) is 0 Å². The zero-order chi connectivity index (χ0) is 13.2. The maximum absolute atomic E-state index is 12.6. The molecule has 0 saturated carbocycles. The van der Waals surface area contributed by atoms with E-state index >= 15 is 0 Å². The van der Waals surface area contributed by atoms with Gasteiger partial charge in [0.15, 0.2) is 0 Å². The SMILES string of the molecule is Cc1c(Cl)cccc1S(=O)(=O)N1CCCNCC1.Cl. The number of sulfonamides is 1. The summed E-state index contributed by atoms with van der Waals surface area (Å²) in [7, 11) is -3.43. The highest BCUT2D eigenvalue weighted by Gasteiger charge is 2.26. The van der Waals surface area contributed by atoms with Crippen LogP contribution in [0.1, 0.15) is 12.0 Å². The van der Waals surface area contributed by atoms with Gasteiger partial charge in [-0.15, -0.1) is 12.4 Å². The first-order valence-corrected chi connectivity index (χ1v) is 7.81. The molecular weight excluding hydrogens is 307 g/mol. The lowest BCUT2D eigenvalue weighted by atomic mass is 10.2. The Labute approximate surface area is 125 Å². The van der Waals surface area contributed by atoms with E-state index in [-0.39, 0.29) is 12.4 Å². The van der Waals surface area contributed by atoms with Crippen LogP contribution in [0.3, 0.4) is 0 Å². The molecule has 0 radical (unpaired) electrons. The molecule has 0 bridgehead atoms. The summed E-state index contributed by atoms with van der Waals surface area (Å²) in [6.45, 7) is 4.36. The lowest BCUT2D eigenvalue weighted by molar-refractivity contribution is 0.431. The first-order chi connectivity index (χ1) is 8.53. The fourth-order valence-corrected chi connectivity index (χ4v) is 4.02. The summed E-state index contributed by atoms with van der Waals surface area (Å²) in [6, 6.07) is 5.01. The van der Waals surface area contributed by atoms with E-state index in [9.17, 15) is 8.42 Å². The summed E-state index contributed by atoms with van der Waals surface area (Å²) in [5, 5.41) is 3.68. The van der Waals surface area contributed by atoms with E-state index in [2.05, 4.69) is 5.32 Å². The molecule has 7 heteroatoms. The smallest absolute Gasteiger partial charge is 0.243 e. The van der Waals surface area contributed by atoms with E-state index in [0.717, 1.165) is 13.0 Å². The fraction of sp³-hybridized carbons (Fsp3) is 0.500. The normalized spacial score (nSPS) is 17.6. The molecule has 19 heavy (non-hydrogen) atoms. The maximum Gasteiger partial charge on any atom is 0.243 e. The van der Waals surface area contributed by atoms with Crippen molar-refractivity contribution in [2.75, 3.05) is 26.2 Å². The minimum Gasteiger partial charge on any atom is -0.315 e. The minimum atomic E-state index is -3.43. The predicted molar refractivity (Wildman–Crippen MR) is 79.7 cm³/mol. The second-order valence-corrected chi connectivity index (χ2v) is 6.68. The molecule has 1 aliphatic heterocycles. The Morgan fingerprint density at radius 2 is 2.00 bits per heavy atom. The van der Waals surface area contributed by atoms with Crippen molar-refractivity contribution in [3.63, 3.8) is 0 Å². The van der Waals surface area contributed by atoms with Gasteiger partial charge in [0.2, 0.25) is 10.0 Å². The number of hydrogen-bond donors (Lipinski definition) is 1. The van der Waals surface area contributed by atoms with Crippen molar-refractivity contribution in [3.05, 3.63) is 28.8 Å². The maximum atomic E-state index is 12.6. The van der Waals surface area contributed by atoms with Gasteiger partial charge < -0.3 is 5.32 Å². The summed E-state index contributed by atoms with van der Waals surface area (Å²) < 4.78 is 26.6. The van der Waals surface area contributed by atoms with E-state index in [1.807, 2.05) is 0 Å². The Morgan fingerprint density at radius 1 is 1.26 bits per heavy atom. The second kappa shape index (κ2) is 6.90. The zero-order valence-electron chi connectivity index (χ0n) is 10.7. The molecule has 1 N–H and O–H groups in total. The highest BCUT2D eigenvalue weighted by molar-refractivity contribution is 7.89. The third-order valence-corrected chi connectivity index (χ3v) is 5.59. The van der Waals surface area contributed by atoms with E-state index < -0.39 is 10.0 Å². The van der Waals surface area contributed by atoms with Crippen molar-refractivity contribution in [2.24, 2.45) is 0 Å². The number of nitrogens with one attached hydrogen (secondary N) is 1. The molecule has 1 aromatic carbocycles. The van der Waals surface area contributed by atoms with Crippen LogP contribution in [0.15, 0.2) is 23.1 Å². The lowest BCUT2D eigenvalue weighted by Gasteiger charge is -2.21. The predicted octanol–water partition coefficient (Wildman–Crippen LogP) is 2.05. The first-order valence-electron chi connectivity index (χ1n) is 5.99. The van der Waals surface area contributed by atoms with Crippen molar-refractivity contribution in [2.45, 2.75) is 18.2 Å². The molecule has 1 fully saturated rings. The van der Waals surface area contributed by atoms with Crippen molar-refractivity contribution in [3.8, 4) is 0 Å². The molecule has 108 valence electrons. The Balaban J connectivity index is 0.00000180. The monoisotopic (exact) mass is 324 g/mol. The largest absolute Gasteiger partial charge is 0.315 e. The van der Waals surface area contributed by atoms with Crippen molar-refractivity contribution in [1.82, 2.24) is 9.62 Å². The van der Waals surface area contributed by atoms with Gasteiger partial charge >= 0.3 is 0 Å². The number of rotatable bonds is 2. The van der Waals surface area contributed by atoms with Gasteiger partial charge in [0, 0.05) is 24.7 Å². The number of benzene rings is 1. The van der Waals surface area contributed by atoms with E-state index in [1.54, 1.807) is 25.1 Å². The molecule has 1 saturated heterocycles. The van der Waals surface area contributed by atoms with Crippen molar-refractivity contribution >= 4 is 34.0 Å². The molecule has 0 atom stereocenters. The Morgan fingerprint density at radius 3 is 2.74 bits per heavy atom. The quantitative estimate of drug-likeness (QED) is 0.905. The van der Waals surface area contributed by atoms with Gasteiger partial charge in [0.05, 0.1) is 4.90 Å². The van der Waals surface area contributed by atoms with Crippen LogP contribution in [-0.4, -0.2) is 38.9 Å². The molecular formula is C12H18Cl2N2O2S. The van der Waals surface area contributed by atoms with Gasteiger partial charge in [0.1, 0.15) is 0 Å². The number of hydrogen-bond acceptors (Lipinski definition) is 3. The molecule has 0 amide bonds. The number of nitrogens with zero attached hydrogens (tertiary/aromatic N) is 1. The Hall–Kier alpha value is -0.330. The molecule has 1 aromatic rings. The third-order valence-electron chi connectivity index (χ3n) is 3.13. The summed E-state index contributed by atoms with van der Waals surface area (Å²) in [5.41, 5.74) is 0.622. The van der Waals surface area contributed by atoms with Gasteiger partial charge in [-0.2, -0.15) is 4.31 Å². The van der Waals surface area contributed by atoms with Crippen LogP contribution < -0.4 is 5.32 Å². The molecule has 1 heterocycles. The summed E-state index contributed by atoms with van der Waals surface area (Å²) in [4.78, 5) is 0.317. The molecule has 4 nitrogen and oxygen atoms in total. The van der Waals surface area contributed by atoms with E-state index in [4.69, 9.17) is 11.6 Å². The average molecular weight is 325 g/mol. The molecule has 0 aliphatic carbocycles. The van der Waals surface area contributed by atoms with Gasteiger partial charge in [-0.05, 0) is 37.6 Å². The van der Waals surface area contributed by atoms with Crippen LogP contribution in [0.2, 0.25) is 5.02 Å². The zero-order valence-corrected chi connectivity index (χ0v) is 13.1. The van der Waals surface area contributed by atoms with Crippen LogP contribution in [0, 0.1) is 6.92 Å². The standard InChI is InChI=1S/C12H17ClN2O2S.ClH/c1-10-11(13)4-2-5-12(10)18(16,17)15-8-3-6-14-7-9-15;/h2,4-5,14H,3,6-9H2,1H3;1H. The van der Waals surface area contributed by atoms with Gasteiger partial charge in [-0.3, -0.25) is 0 Å². The van der Waals surface area contributed by atoms with Crippen LogP contribution in [0.25, 0.3) is 0 Å². The molecule has 0 spiro atoms. The molecule has 2 rings (SSSR count). The van der Waals surface area contributed by atoms with Crippen LogP contribution >= 0.6 is 24.0 Å². The number of halogens is 2. The highest BCUT2D eigenvalue weighted by Crippen LogP contribution is 2.25. The Kier molecular flexibility index (Phi) is 6.08. The van der Waals surface area contributed by atoms with E-state index in [0.29, 0.717) is 35.1 Å². The molecule has 0 unspecified atom stereocenters. The summed E-state index contributed by atoms with van der Waals surface area (Å²) in [6.07, 6.45) is 0.832. The van der Waals surface area contributed by atoms with Gasteiger partial charge in [0.25, 0.3) is 0 Å². The van der Waals surface area contributed by atoms with Gasteiger partial charge in [-0.25, -0.2) is 8.42 Å². The summed E-state index contributed by atoms with van der Waals surface area (Å²) >= 11 is 6.00. The van der Waals surface area contributed by atoms with Crippen molar-refractivity contribution < 1.29 is 8.42 Å². The second-order valence-electron chi connectivity index (χ2n) is 4.37. The van der Waals surface area contributed by atoms with Crippen molar-refractivity contribution in [1.29, 1.82) is 0 Å². The first kappa shape index (κ1) is 16.7. The Bertz CT molecular complexity index is 527. The van der Waals surface area contributed by atoms with Gasteiger partial charge in [-0.1, -0.05) is 17.7 Å².